The Morgan fingerprint density at radius 3 is 2.46 bits per heavy atom. The van der Waals surface area contributed by atoms with Crippen molar-refractivity contribution in [2.45, 2.75) is 6.92 Å². The fourth-order valence-corrected chi connectivity index (χ4v) is 3.24. The van der Waals surface area contributed by atoms with E-state index in [-0.39, 0.29) is 6.61 Å². The molecule has 6 nitrogen and oxygen atoms in total. The second kappa shape index (κ2) is 9.23. The lowest BCUT2D eigenvalue weighted by Crippen LogP contribution is -2.43. The van der Waals surface area contributed by atoms with Crippen LogP contribution in [0.15, 0.2) is 65.1 Å². The number of fused-ring (bicyclic) bond motifs is 1. The second-order valence-corrected chi connectivity index (χ2v) is 6.61. The first-order chi connectivity index (χ1) is 13.6. The van der Waals surface area contributed by atoms with Gasteiger partial charge in [-0.05, 0) is 51.8 Å². The average Bonchev–Trinajstić information content (AvgIpc) is 2.72. The van der Waals surface area contributed by atoms with Crippen molar-refractivity contribution in [1.29, 1.82) is 0 Å². The molecule has 0 radical (unpaired) electrons. The second-order valence-electron chi connectivity index (χ2n) is 5.82. The maximum atomic E-state index is 12.3. The van der Waals surface area contributed by atoms with E-state index in [1.54, 1.807) is 30.3 Å². The minimum Gasteiger partial charge on any atom is -0.493 e. The number of nitrogens with one attached hydrogen (secondary N) is 2. The highest BCUT2D eigenvalue weighted by atomic mass is 79.9. The summed E-state index contributed by atoms with van der Waals surface area (Å²) in [5.41, 5.74) is 5.05. The Kier molecular flexibility index (Phi) is 6.49. The Bertz CT molecular complexity index is 1010. The molecule has 0 unspecified atom stereocenters. The van der Waals surface area contributed by atoms with E-state index < -0.39 is 11.8 Å². The van der Waals surface area contributed by atoms with Crippen molar-refractivity contribution >= 4 is 38.5 Å². The standard InChI is InChI=1S/C21H19BrN2O4/c1-2-27-17-10-6-5-9-16(17)21(26)24-23-19(25)13-28-18-12-11-14-7-3-4-8-15(14)20(18)22/h3-12H,2,13H2,1H3,(H,23,25)(H,24,26). The Labute approximate surface area is 170 Å². The van der Waals surface area contributed by atoms with E-state index in [2.05, 4.69) is 26.8 Å². The molecule has 2 N–H and O–H groups in total. The molecule has 0 atom stereocenters. The van der Waals surface area contributed by atoms with Gasteiger partial charge in [0, 0.05) is 0 Å². The Morgan fingerprint density at radius 1 is 0.893 bits per heavy atom. The van der Waals surface area contributed by atoms with Crippen molar-refractivity contribution in [1.82, 2.24) is 10.9 Å². The molecule has 0 saturated heterocycles. The first-order valence-corrected chi connectivity index (χ1v) is 9.50. The number of rotatable bonds is 6. The largest absolute Gasteiger partial charge is 0.493 e. The number of hydrogen-bond donors (Lipinski definition) is 2. The summed E-state index contributed by atoms with van der Waals surface area (Å²) < 4.78 is 11.8. The summed E-state index contributed by atoms with van der Waals surface area (Å²) in [5.74, 6) is 0.0431. The van der Waals surface area contributed by atoms with Crippen LogP contribution in [0, 0.1) is 0 Å². The fraction of sp³-hybridized carbons (Fsp3) is 0.143. The fourth-order valence-electron chi connectivity index (χ4n) is 2.63. The summed E-state index contributed by atoms with van der Waals surface area (Å²) in [6.07, 6.45) is 0. The molecule has 0 aliphatic rings. The molecule has 7 heteroatoms. The molecule has 0 heterocycles. The van der Waals surface area contributed by atoms with Gasteiger partial charge < -0.3 is 9.47 Å². The van der Waals surface area contributed by atoms with Crippen LogP contribution in [0.3, 0.4) is 0 Å². The number of carbonyl (C=O) groups excluding carboxylic acids is 2. The van der Waals surface area contributed by atoms with Gasteiger partial charge in [0.25, 0.3) is 11.8 Å². The van der Waals surface area contributed by atoms with Gasteiger partial charge in [-0.15, -0.1) is 0 Å². The van der Waals surface area contributed by atoms with E-state index >= 15 is 0 Å². The lowest BCUT2D eigenvalue weighted by Gasteiger charge is -2.12. The molecular weight excluding hydrogens is 424 g/mol. The molecule has 0 saturated carbocycles. The molecule has 0 fully saturated rings. The van der Waals surface area contributed by atoms with Crippen LogP contribution in [0.1, 0.15) is 17.3 Å². The molecule has 0 aliphatic heterocycles. The van der Waals surface area contributed by atoms with Crippen LogP contribution in [-0.2, 0) is 4.79 Å². The predicted octanol–water partition coefficient (Wildman–Crippen LogP) is 3.84. The van der Waals surface area contributed by atoms with Crippen molar-refractivity contribution in [2.75, 3.05) is 13.2 Å². The molecule has 144 valence electrons. The first kappa shape index (κ1) is 19.7. The smallest absolute Gasteiger partial charge is 0.276 e. The van der Waals surface area contributed by atoms with Gasteiger partial charge in [0.1, 0.15) is 11.5 Å². The molecule has 3 aromatic rings. The van der Waals surface area contributed by atoms with Crippen molar-refractivity contribution < 1.29 is 19.1 Å². The summed E-state index contributed by atoms with van der Waals surface area (Å²) in [5, 5.41) is 2.05. The molecule has 3 rings (SSSR count). The maximum absolute atomic E-state index is 12.3. The monoisotopic (exact) mass is 442 g/mol. The van der Waals surface area contributed by atoms with Crippen LogP contribution in [0.2, 0.25) is 0 Å². The van der Waals surface area contributed by atoms with E-state index in [1.807, 2.05) is 37.3 Å². The first-order valence-electron chi connectivity index (χ1n) is 8.71. The zero-order chi connectivity index (χ0) is 19.9. The molecule has 2 amide bonds. The summed E-state index contributed by atoms with van der Waals surface area (Å²) in [6.45, 7) is 2.02. The third kappa shape index (κ3) is 4.61. The Morgan fingerprint density at radius 2 is 1.64 bits per heavy atom. The number of halogens is 1. The minimum atomic E-state index is -0.484. The quantitative estimate of drug-likeness (QED) is 0.568. The average molecular weight is 443 g/mol. The lowest BCUT2D eigenvalue weighted by molar-refractivity contribution is -0.123. The van der Waals surface area contributed by atoms with E-state index in [0.29, 0.717) is 23.7 Å². The van der Waals surface area contributed by atoms with E-state index in [9.17, 15) is 9.59 Å². The topological polar surface area (TPSA) is 76.7 Å². The Balaban J connectivity index is 1.57. The van der Waals surface area contributed by atoms with Gasteiger partial charge in [0.15, 0.2) is 6.61 Å². The number of hydrazine groups is 1. The minimum absolute atomic E-state index is 0.246. The van der Waals surface area contributed by atoms with Crippen LogP contribution >= 0.6 is 15.9 Å². The Hall–Kier alpha value is -3.06. The SMILES string of the molecule is CCOc1ccccc1C(=O)NNC(=O)COc1ccc2ccccc2c1Br. The highest BCUT2D eigenvalue weighted by Crippen LogP contribution is 2.32. The van der Waals surface area contributed by atoms with Gasteiger partial charge in [-0.25, -0.2) is 0 Å². The highest BCUT2D eigenvalue weighted by Gasteiger charge is 2.13. The number of amides is 2. The van der Waals surface area contributed by atoms with Crippen molar-refractivity contribution in [3.63, 3.8) is 0 Å². The van der Waals surface area contributed by atoms with Crippen LogP contribution in [0.4, 0.5) is 0 Å². The molecule has 28 heavy (non-hydrogen) atoms. The molecule has 0 aromatic heterocycles. The normalized spacial score (nSPS) is 10.4. The van der Waals surface area contributed by atoms with Gasteiger partial charge in [-0.1, -0.05) is 42.5 Å². The summed E-state index contributed by atoms with van der Waals surface area (Å²) in [7, 11) is 0. The molecule has 3 aromatic carbocycles. The third-order valence-corrected chi connectivity index (χ3v) is 4.75. The van der Waals surface area contributed by atoms with Crippen molar-refractivity contribution in [3.05, 3.63) is 70.7 Å². The highest BCUT2D eigenvalue weighted by molar-refractivity contribution is 9.10. The summed E-state index contributed by atoms with van der Waals surface area (Å²) in [6, 6.07) is 18.4. The number of hydrogen-bond acceptors (Lipinski definition) is 4. The van der Waals surface area contributed by atoms with Crippen molar-refractivity contribution in [3.8, 4) is 11.5 Å². The molecule has 0 aliphatic carbocycles. The number of carbonyl (C=O) groups is 2. The van der Waals surface area contributed by atoms with E-state index in [0.717, 1.165) is 15.2 Å². The number of para-hydroxylation sites is 1. The van der Waals surface area contributed by atoms with Crippen LogP contribution < -0.4 is 20.3 Å². The molecule has 0 bridgehead atoms. The zero-order valence-corrected chi connectivity index (χ0v) is 16.8. The van der Waals surface area contributed by atoms with Gasteiger partial charge in [-0.3, -0.25) is 20.4 Å². The van der Waals surface area contributed by atoms with Gasteiger partial charge >= 0.3 is 0 Å². The van der Waals surface area contributed by atoms with Crippen LogP contribution in [-0.4, -0.2) is 25.0 Å². The summed E-state index contributed by atoms with van der Waals surface area (Å²) >= 11 is 3.51. The zero-order valence-electron chi connectivity index (χ0n) is 15.2. The van der Waals surface area contributed by atoms with Crippen LogP contribution in [0.5, 0.6) is 11.5 Å². The number of benzene rings is 3. The maximum Gasteiger partial charge on any atom is 0.276 e. The van der Waals surface area contributed by atoms with E-state index in [4.69, 9.17) is 9.47 Å². The van der Waals surface area contributed by atoms with Crippen molar-refractivity contribution in [2.24, 2.45) is 0 Å². The third-order valence-electron chi connectivity index (χ3n) is 3.93. The van der Waals surface area contributed by atoms with Gasteiger partial charge in [-0.2, -0.15) is 0 Å². The molecule has 0 spiro atoms. The number of ether oxygens (including phenoxy) is 2. The molecular formula is C21H19BrN2O4. The van der Waals surface area contributed by atoms with Crippen LogP contribution in [0.25, 0.3) is 10.8 Å². The lowest BCUT2D eigenvalue weighted by atomic mass is 10.1. The van der Waals surface area contributed by atoms with Gasteiger partial charge in [0.2, 0.25) is 0 Å². The van der Waals surface area contributed by atoms with E-state index in [1.165, 1.54) is 0 Å². The van der Waals surface area contributed by atoms with Gasteiger partial charge in [0.05, 0.1) is 16.6 Å². The predicted molar refractivity (Wildman–Crippen MR) is 110 cm³/mol. The summed E-state index contributed by atoms with van der Waals surface area (Å²) in [4.78, 5) is 24.3.